The first-order valence-corrected chi connectivity index (χ1v) is 6.18. The van der Waals surface area contributed by atoms with E-state index in [0.717, 1.165) is 0 Å². The third kappa shape index (κ3) is 3.85. The first-order chi connectivity index (χ1) is 9.54. The van der Waals surface area contributed by atoms with Crippen LogP contribution in [0.2, 0.25) is 0 Å². The van der Waals surface area contributed by atoms with Gasteiger partial charge in [0.2, 0.25) is 29.7 Å². The number of nitrogens with one attached hydrogen (secondary N) is 2. The predicted octanol–water partition coefficient (Wildman–Crippen LogP) is -0.375. The van der Waals surface area contributed by atoms with E-state index in [-0.39, 0.29) is 23.7 Å². The first kappa shape index (κ1) is 14.1. The summed E-state index contributed by atoms with van der Waals surface area (Å²) in [6.07, 6.45) is 0. The lowest BCUT2D eigenvalue weighted by molar-refractivity contribution is -0.115. The fourth-order valence-electron chi connectivity index (χ4n) is 1.70. The summed E-state index contributed by atoms with van der Waals surface area (Å²) < 4.78 is 5.26. The van der Waals surface area contributed by atoms with Crippen molar-refractivity contribution in [1.82, 2.24) is 15.0 Å². The molecule has 20 heavy (non-hydrogen) atoms. The number of aromatic nitrogens is 3. The largest absolute Gasteiger partial charge is 0.378 e. The highest BCUT2D eigenvalue weighted by Crippen LogP contribution is 2.15. The van der Waals surface area contributed by atoms with Crippen LogP contribution in [0.3, 0.4) is 0 Å². The highest BCUT2D eigenvalue weighted by atomic mass is 16.5. The van der Waals surface area contributed by atoms with E-state index >= 15 is 0 Å². The molecule has 1 fully saturated rings. The van der Waals surface area contributed by atoms with Crippen molar-refractivity contribution < 1.29 is 14.3 Å². The summed E-state index contributed by atoms with van der Waals surface area (Å²) in [5.74, 6) is 0.0297. The van der Waals surface area contributed by atoms with E-state index in [2.05, 4.69) is 25.6 Å². The van der Waals surface area contributed by atoms with E-state index < -0.39 is 0 Å². The van der Waals surface area contributed by atoms with E-state index in [1.54, 1.807) is 0 Å². The Bertz CT molecular complexity index is 481. The molecule has 0 saturated carbocycles. The van der Waals surface area contributed by atoms with Crippen molar-refractivity contribution in [1.29, 1.82) is 0 Å². The SMILES string of the molecule is CC(=O)Nc1nc(NC(C)=O)nc(N2CCOCC2)n1. The summed E-state index contributed by atoms with van der Waals surface area (Å²) in [7, 11) is 0. The third-order valence-corrected chi connectivity index (χ3v) is 2.49. The number of nitrogens with zero attached hydrogens (tertiary/aromatic N) is 4. The molecule has 9 nitrogen and oxygen atoms in total. The lowest BCUT2D eigenvalue weighted by atomic mass is 10.4. The Morgan fingerprint density at radius 1 is 1.00 bits per heavy atom. The molecule has 1 aliphatic heterocycles. The smallest absolute Gasteiger partial charge is 0.236 e. The number of carbonyl (C=O) groups excluding carboxylic acids is 2. The molecule has 0 atom stereocenters. The Balaban J connectivity index is 2.28. The molecule has 0 aliphatic carbocycles. The van der Waals surface area contributed by atoms with Crippen molar-refractivity contribution >= 4 is 29.7 Å². The molecule has 9 heteroatoms. The number of ether oxygens (including phenoxy) is 1. The zero-order chi connectivity index (χ0) is 14.5. The van der Waals surface area contributed by atoms with Crippen molar-refractivity contribution in [3.05, 3.63) is 0 Å². The lowest BCUT2D eigenvalue weighted by Crippen LogP contribution is -2.37. The molecule has 108 valence electrons. The van der Waals surface area contributed by atoms with Gasteiger partial charge in [0.15, 0.2) is 0 Å². The van der Waals surface area contributed by atoms with Crippen molar-refractivity contribution in [3.63, 3.8) is 0 Å². The van der Waals surface area contributed by atoms with Crippen LogP contribution in [0.15, 0.2) is 0 Å². The summed E-state index contributed by atoms with van der Waals surface area (Å²) in [5.41, 5.74) is 0. The minimum Gasteiger partial charge on any atom is -0.378 e. The standard InChI is InChI=1S/C11H16N6O3/c1-7(18)12-9-14-10(13-8(2)19)16-11(15-9)17-3-5-20-6-4-17/h3-6H2,1-2H3,(H2,12,13,14,15,16,18,19). The van der Waals surface area contributed by atoms with Gasteiger partial charge in [-0.15, -0.1) is 0 Å². The summed E-state index contributed by atoms with van der Waals surface area (Å²) in [6.45, 7) is 5.16. The molecule has 2 heterocycles. The van der Waals surface area contributed by atoms with Crippen molar-refractivity contribution in [3.8, 4) is 0 Å². The van der Waals surface area contributed by atoms with Gasteiger partial charge in [0.1, 0.15) is 0 Å². The Kier molecular flexibility index (Phi) is 4.41. The second kappa shape index (κ2) is 6.24. The molecule has 1 aromatic heterocycles. The molecule has 2 rings (SSSR count). The van der Waals surface area contributed by atoms with E-state index in [1.165, 1.54) is 13.8 Å². The van der Waals surface area contributed by atoms with Crippen LogP contribution >= 0.6 is 0 Å². The van der Waals surface area contributed by atoms with Gasteiger partial charge in [-0.25, -0.2) is 0 Å². The van der Waals surface area contributed by atoms with Gasteiger partial charge in [0.25, 0.3) is 0 Å². The van der Waals surface area contributed by atoms with Gasteiger partial charge in [0.05, 0.1) is 13.2 Å². The van der Waals surface area contributed by atoms with Crippen LogP contribution in [0.4, 0.5) is 17.8 Å². The van der Waals surface area contributed by atoms with Crippen LogP contribution in [-0.2, 0) is 14.3 Å². The average Bonchev–Trinajstić information content (AvgIpc) is 2.38. The van der Waals surface area contributed by atoms with Crippen LogP contribution < -0.4 is 15.5 Å². The van der Waals surface area contributed by atoms with E-state index in [1.807, 2.05) is 4.90 Å². The van der Waals surface area contributed by atoms with Crippen molar-refractivity contribution in [2.75, 3.05) is 41.8 Å². The molecule has 0 bridgehead atoms. The van der Waals surface area contributed by atoms with Gasteiger partial charge in [0, 0.05) is 26.9 Å². The number of hydrogen-bond donors (Lipinski definition) is 2. The molecule has 2 amide bonds. The minimum atomic E-state index is -0.294. The maximum atomic E-state index is 11.1. The molecule has 2 N–H and O–H groups in total. The summed E-state index contributed by atoms with van der Waals surface area (Å²) in [4.78, 5) is 36.4. The molecular weight excluding hydrogens is 264 g/mol. The van der Waals surface area contributed by atoms with Gasteiger partial charge in [-0.3, -0.25) is 20.2 Å². The number of rotatable bonds is 3. The second-order valence-electron chi connectivity index (χ2n) is 4.24. The molecule has 0 radical (unpaired) electrons. The van der Waals surface area contributed by atoms with Gasteiger partial charge < -0.3 is 9.64 Å². The third-order valence-electron chi connectivity index (χ3n) is 2.49. The number of carbonyl (C=O) groups is 2. The zero-order valence-corrected chi connectivity index (χ0v) is 11.3. The Morgan fingerprint density at radius 2 is 1.50 bits per heavy atom. The van der Waals surface area contributed by atoms with Gasteiger partial charge in [-0.2, -0.15) is 15.0 Å². The molecular formula is C11H16N6O3. The summed E-state index contributed by atoms with van der Waals surface area (Å²) in [5, 5.41) is 4.98. The Morgan fingerprint density at radius 3 is 1.95 bits per heavy atom. The lowest BCUT2D eigenvalue weighted by Gasteiger charge is -2.27. The second-order valence-corrected chi connectivity index (χ2v) is 4.24. The van der Waals surface area contributed by atoms with Crippen molar-refractivity contribution in [2.45, 2.75) is 13.8 Å². The number of hydrogen-bond acceptors (Lipinski definition) is 7. The maximum absolute atomic E-state index is 11.1. The number of anilines is 3. The molecule has 0 spiro atoms. The average molecular weight is 280 g/mol. The highest BCUT2D eigenvalue weighted by molar-refractivity contribution is 5.88. The van der Waals surface area contributed by atoms with Crippen LogP contribution in [0.5, 0.6) is 0 Å². The zero-order valence-electron chi connectivity index (χ0n) is 11.3. The topological polar surface area (TPSA) is 109 Å². The van der Waals surface area contributed by atoms with Crippen LogP contribution in [0.25, 0.3) is 0 Å². The van der Waals surface area contributed by atoms with Gasteiger partial charge >= 0.3 is 0 Å². The minimum absolute atomic E-state index is 0.109. The van der Waals surface area contributed by atoms with E-state index in [4.69, 9.17) is 4.74 Å². The molecule has 1 saturated heterocycles. The van der Waals surface area contributed by atoms with Crippen LogP contribution in [0, 0.1) is 0 Å². The van der Waals surface area contributed by atoms with Crippen molar-refractivity contribution in [2.24, 2.45) is 0 Å². The molecule has 1 aliphatic rings. The monoisotopic (exact) mass is 280 g/mol. The van der Waals surface area contributed by atoms with Crippen LogP contribution in [0.1, 0.15) is 13.8 Å². The van der Waals surface area contributed by atoms with Crippen LogP contribution in [-0.4, -0.2) is 53.1 Å². The number of amides is 2. The van der Waals surface area contributed by atoms with Gasteiger partial charge in [-0.1, -0.05) is 0 Å². The normalized spacial score (nSPS) is 14.8. The summed E-state index contributed by atoms with van der Waals surface area (Å²) >= 11 is 0. The Labute approximate surface area is 115 Å². The van der Waals surface area contributed by atoms with E-state index in [0.29, 0.717) is 32.3 Å². The fraction of sp³-hybridized carbons (Fsp3) is 0.545. The van der Waals surface area contributed by atoms with E-state index in [9.17, 15) is 9.59 Å². The Hall–Kier alpha value is -2.29. The molecule has 0 unspecified atom stereocenters. The molecule has 0 aromatic carbocycles. The predicted molar refractivity (Wildman–Crippen MR) is 71.5 cm³/mol. The van der Waals surface area contributed by atoms with Gasteiger partial charge in [-0.05, 0) is 0 Å². The first-order valence-electron chi connectivity index (χ1n) is 6.18. The number of morpholine rings is 1. The summed E-state index contributed by atoms with van der Waals surface area (Å²) in [6, 6.07) is 0. The molecule has 1 aromatic rings. The highest BCUT2D eigenvalue weighted by Gasteiger charge is 2.17. The fourth-order valence-corrected chi connectivity index (χ4v) is 1.70. The quantitative estimate of drug-likeness (QED) is 0.777. The maximum Gasteiger partial charge on any atom is 0.236 e.